The molecule has 7 nitrogen and oxygen atoms in total. The predicted octanol–water partition coefficient (Wildman–Crippen LogP) is 5.63. The van der Waals surface area contributed by atoms with Crippen molar-refractivity contribution in [3.63, 3.8) is 0 Å². The molecule has 0 heterocycles. The van der Waals surface area contributed by atoms with Gasteiger partial charge in [-0.1, -0.05) is 48.0 Å². The van der Waals surface area contributed by atoms with Crippen LogP contribution in [0, 0.1) is 6.92 Å². The van der Waals surface area contributed by atoms with E-state index in [2.05, 4.69) is 5.32 Å². The highest BCUT2D eigenvalue weighted by atomic mass is 32.2. The summed E-state index contributed by atoms with van der Waals surface area (Å²) in [4.78, 5) is 12.7. The third kappa shape index (κ3) is 6.03. The number of benzene rings is 4. The number of amides is 1. The zero-order chi connectivity index (χ0) is 25.5. The molecule has 8 heteroatoms. The van der Waals surface area contributed by atoms with E-state index in [1.165, 1.54) is 11.4 Å². The fourth-order valence-corrected chi connectivity index (χ4v) is 4.56. The molecule has 0 aliphatic heterocycles. The molecule has 0 aromatic heterocycles. The summed E-state index contributed by atoms with van der Waals surface area (Å²) in [5, 5.41) is 2.80. The Morgan fingerprint density at radius 2 is 1.44 bits per heavy atom. The van der Waals surface area contributed by atoms with Gasteiger partial charge in [-0.05, 0) is 67.6 Å². The maximum atomic E-state index is 12.9. The second kappa shape index (κ2) is 11.0. The van der Waals surface area contributed by atoms with Gasteiger partial charge in [-0.3, -0.25) is 9.10 Å². The first kappa shape index (κ1) is 24.8. The number of nitrogens with zero attached hydrogens (tertiary/aromatic N) is 1. The first-order chi connectivity index (χ1) is 17.3. The fraction of sp³-hybridized carbons (Fsp3) is 0.107. The molecule has 4 rings (SSSR count). The van der Waals surface area contributed by atoms with Crippen molar-refractivity contribution < 1.29 is 22.7 Å². The standard InChI is InChI=1S/C28H26N2O5S/c1-21-12-18-25(19-13-21)36(32,33)30(2)22-14-16-23(17-15-22)34-20-28(31)29-26-10-6-7-11-27(26)35-24-8-4-3-5-9-24/h3-19H,20H2,1-2H3,(H,29,31). The first-order valence-electron chi connectivity index (χ1n) is 11.2. The van der Waals surface area contributed by atoms with Crippen LogP contribution in [0.4, 0.5) is 11.4 Å². The molecule has 0 saturated heterocycles. The number of hydrogen-bond acceptors (Lipinski definition) is 5. The number of ether oxygens (including phenoxy) is 2. The molecule has 0 bridgehead atoms. The minimum atomic E-state index is -3.69. The molecule has 0 fully saturated rings. The topological polar surface area (TPSA) is 84.9 Å². The third-order valence-corrected chi connectivity index (χ3v) is 7.18. The van der Waals surface area contributed by atoms with Crippen LogP contribution < -0.4 is 19.1 Å². The van der Waals surface area contributed by atoms with Gasteiger partial charge in [-0.15, -0.1) is 0 Å². The number of aryl methyl sites for hydroxylation is 1. The molecule has 0 spiro atoms. The van der Waals surface area contributed by atoms with Gasteiger partial charge in [0.25, 0.3) is 15.9 Å². The molecule has 0 aliphatic carbocycles. The lowest BCUT2D eigenvalue weighted by molar-refractivity contribution is -0.118. The van der Waals surface area contributed by atoms with Crippen LogP contribution in [0.15, 0.2) is 108 Å². The van der Waals surface area contributed by atoms with Gasteiger partial charge in [0.15, 0.2) is 12.4 Å². The summed E-state index contributed by atoms with van der Waals surface area (Å²) >= 11 is 0. The molecular formula is C28H26N2O5S. The van der Waals surface area contributed by atoms with Gasteiger partial charge in [-0.25, -0.2) is 8.42 Å². The number of nitrogens with one attached hydrogen (secondary N) is 1. The van der Waals surface area contributed by atoms with Crippen LogP contribution in [0.5, 0.6) is 17.2 Å². The second-order valence-corrected chi connectivity index (χ2v) is 10.00. The van der Waals surface area contributed by atoms with Crippen molar-refractivity contribution in [1.29, 1.82) is 0 Å². The molecule has 0 unspecified atom stereocenters. The smallest absolute Gasteiger partial charge is 0.264 e. The van der Waals surface area contributed by atoms with Gasteiger partial charge in [-0.2, -0.15) is 0 Å². The zero-order valence-corrected chi connectivity index (χ0v) is 20.7. The highest BCUT2D eigenvalue weighted by Gasteiger charge is 2.21. The lowest BCUT2D eigenvalue weighted by Crippen LogP contribution is -2.26. The molecule has 0 saturated carbocycles. The van der Waals surface area contributed by atoms with E-state index in [-0.39, 0.29) is 17.4 Å². The number of hydrogen-bond donors (Lipinski definition) is 1. The molecular weight excluding hydrogens is 476 g/mol. The molecule has 4 aromatic carbocycles. The summed E-state index contributed by atoms with van der Waals surface area (Å²) in [6, 6.07) is 29.6. The van der Waals surface area contributed by atoms with Crippen molar-refractivity contribution in [2.75, 3.05) is 23.3 Å². The van der Waals surface area contributed by atoms with Crippen LogP contribution >= 0.6 is 0 Å². The van der Waals surface area contributed by atoms with Crippen molar-refractivity contribution in [2.24, 2.45) is 0 Å². The highest BCUT2D eigenvalue weighted by Crippen LogP contribution is 2.29. The molecule has 1 amide bonds. The summed E-state index contributed by atoms with van der Waals surface area (Å²) in [7, 11) is -2.20. The van der Waals surface area contributed by atoms with Crippen molar-refractivity contribution in [2.45, 2.75) is 11.8 Å². The van der Waals surface area contributed by atoms with E-state index in [4.69, 9.17) is 9.47 Å². The van der Waals surface area contributed by atoms with Crippen LogP contribution in [0.3, 0.4) is 0 Å². The van der Waals surface area contributed by atoms with E-state index in [9.17, 15) is 13.2 Å². The number of anilines is 2. The van der Waals surface area contributed by atoms with Crippen molar-refractivity contribution in [3.05, 3.63) is 109 Å². The Morgan fingerprint density at radius 3 is 2.14 bits per heavy atom. The maximum Gasteiger partial charge on any atom is 0.264 e. The van der Waals surface area contributed by atoms with E-state index in [0.29, 0.717) is 28.6 Å². The van der Waals surface area contributed by atoms with Gasteiger partial charge in [0, 0.05) is 7.05 Å². The van der Waals surface area contributed by atoms with Gasteiger partial charge >= 0.3 is 0 Å². The predicted molar refractivity (Wildman–Crippen MR) is 140 cm³/mol. The van der Waals surface area contributed by atoms with Crippen molar-refractivity contribution in [3.8, 4) is 17.2 Å². The Hall–Kier alpha value is -4.30. The number of carbonyl (C=O) groups is 1. The lowest BCUT2D eigenvalue weighted by atomic mass is 10.2. The van der Waals surface area contributed by atoms with E-state index >= 15 is 0 Å². The largest absolute Gasteiger partial charge is 0.484 e. The Morgan fingerprint density at radius 1 is 0.806 bits per heavy atom. The molecule has 4 aromatic rings. The van der Waals surface area contributed by atoms with E-state index < -0.39 is 10.0 Å². The van der Waals surface area contributed by atoms with E-state index in [1.54, 1.807) is 66.7 Å². The summed E-state index contributed by atoms with van der Waals surface area (Å²) in [5.74, 6) is 1.25. The van der Waals surface area contributed by atoms with Crippen LogP contribution in [0.2, 0.25) is 0 Å². The number of rotatable bonds is 9. The van der Waals surface area contributed by atoms with Gasteiger partial charge in [0.2, 0.25) is 0 Å². The van der Waals surface area contributed by atoms with Crippen LogP contribution in [0.25, 0.3) is 0 Å². The summed E-state index contributed by atoms with van der Waals surface area (Å²) in [6.45, 7) is 1.67. The maximum absolute atomic E-state index is 12.9. The third-order valence-electron chi connectivity index (χ3n) is 5.38. The normalized spacial score (nSPS) is 10.9. The first-order valence-corrected chi connectivity index (χ1v) is 12.7. The number of para-hydroxylation sites is 3. The van der Waals surface area contributed by atoms with Crippen molar-refractivity contribution >= 4 is 27.3 Å². The van der Waals surface area contributed by atoms with Crippen LogP contribution in [-0.2, 0) is 14.8 Å². The van der Waals surface area contributed by atoms with Gasteiger partial charge < -0.3 is 14.8 Å². The Kier molecular flexibility index (Phi) is 7.56. The zero-order valence-electron chi connectivity index (χ0n) is 19.9. The minimum absolute atomic E-state index is 0.212. The lowest BCUT2D eigenvalue weighted by Gasteiger charge is -2.20. The summed E-state index contributed by atoms with van der Waals surface area (Å²) in [5.41, 5.74) is 1.97. The molecule has 0 atom stereocenters. The average Bonchev–Trinajstić information content (AvgIpc) is 2.89. The summed E-state index contributed by atoms with van der Waals surface area (Å²) in [6.07, 6.45) is 0. The fourth-order valence-electron chi connectivity index (χ4n) is 3.37. The average molecular weight is 503 g/mol. The Bertz CT molecular complexity index is 1420. The summed E-state index contributed by atoms with van der Waals surface area (Å²) < 4.78 is 38.4. The SMILES string of the molecule is Cc1ccc(S(=O)(=O)N(C)c2ccc(OCC(=O)Nc3ccccc3Oc3ccccc3)cc2)cc1. The van der Waals surface area contributed by atoms with E-state index in [1.807, 2.05) is 43.3 Å². The Labute approximate surface area is 211 Å². The molecule has 184 valence electrons. The number of carbonyl (C=O) groups excluding carboxylic acids is 1. The molecule has 0 radical (unpaired) electrons. The quantitative estimate of drug-likeness (QED) is 0.321. The van der Waals surface area contributed by atoms with Crippen LogP contribution in [0.1, 0.15) is 5.56 Å². The van der Waals surface area contributed by atoms with Gasteiger partial charge in [0.05, 0.1) is 16.3 Å². The highest BCUT2D eigenvalue weighted by molar-refractivity contribution is 7.92. The van der Waals surface area contributed by atoms with E-state index in [0.717, 1.165) is 5.56 Å². The second-order valence-electron chi connectivity index (χ2n) is 8.03. The molecule has 1 N–H and O–H groups in total. The molecule has 0 aliphatic rings. The van der Waals surface area contributed by atoms with Crippen molar-refractivity contribution in [1.82, 2.24) is 0 Å². The Balaban J connectivity index is 1.36. The van der Waals surface area contributed by atoms with Crippen LogP contribution in [-0.4, -0.2) is 28.0 Å². The van der Waals surface area contributed by atoms with Gasteiger partial charge in [0.1, 0.15) is 11.5 Å². The minimum Gasteiger partial charge on any atom is -0.484 e. The molecule has 36 heavy (non-hydrogen) atoms. The monoisotopic (exact) mass is 502 g/mol. The number of sulfonamides is 1.